The van der Waals surface area contributed by atoms with Gasteiger partial charge in [0.15, 0.2) is 0 Å². The van der Waals surface area contributed by atoms with Gasteiger partial charge in [0.25, 0.3) is 0 Å². The molecular formula is C10H15NO. The van der Waals surface area contributed by atoms with E-state index in [1.807, 2.05) is 12.1 Å². The topological polar surface area (TPSA) is 33.1 Å². The van der Waals surface area contributed by atoms with E-state index in [0.717, 1.165) is 24.8 Å². The highest BCUT2D eigenvalue weighted by molar-refractivity contribution is 5.12. The van der Waals surface area contributed by atoms with Gasteiger partial charge >= 0.3 is 0 Å². The summed E-state index contributed by atoms with van der Waals surface area (Å²) >= 11 is 0. The fraction of sp³-hybridized carbons (Fsp3) is 0.500. The standard InChI is InChI=1S/C10H15NO/c1-2-3-4-10(12)9-5-7-11-8-6-9/h5-8,10,12H,2-4H2,1H3/t10-/m1/s1. The predicted octanol–water partition coefficient (Wildman–Crippen LogP) is 2.31. The molecule has 0 aliphatic rings. The van der Waals surface area contributed by atoms with Crippen molar-refractivity contribution in [3.8, 4) is 0 Å². The minimum Gasteiger partial charge on any atom is -0.388 e. The molecule has 1 atom stereocenters. The van der Waals surface area contributed by atoms with Crippen molar-refractivity contribution in [2.24, 2.45) is 0 Å². The normalized spacial score (nSPS) is 12.8. The lowest BCUT2D eigenvalue weighted by atomic mass is 10.1. The van der Waals surface area contributed by atoms with Gasteiger partial charge in [-0.05, 0) is 24.1 Å². The van der Waals surface area contributed by atoms with Gasteiger partial charge in [0.1, 0.15) is 0 Å². The third kappa shape index (κ3) is 2.62. The van der Waals surface area contributed by atoms with Crippen molar-refractivity contribution < 1.29 is 5.11 Å². The molecule has 0 spiro atoms. The van der Waals surface area contributed by atoms with Gasteiger partial charge in [-0.3, -0.25) is 4.98 Å². The highest BCUT2D eigenvalue weighted by Crippen LogP contribution is 2.17. The molecule has 1 aromatic heterocycles. The second kappa shape index (κ2) is 4.88. The summed E-state index contributed by atoms with van der Waals surface area (Å²) in [6.07, 6.45) is 6.16. The first-order valence-corrected chi connectivity index (χ1v) is 4.42. The van der Waals surface area contributed by atoms with Crippen LogP contribution < -0.4 is 0 Å². The summed E-state index contributed by atoms with van der Waals surface area (Å²) in [5, 5.41) is 9.62. The second-order valence-electron chi connectivity index (χ2n) is 2.94. The average Bonchev–Trinajstić information content (AvgIpc) is 2.15. The molecule has 1 heterocycles. The summed E-state index contributed by atoms with van der Waals surface area (Å²) in [7, 11) is 0. The summed E-state index contributed by atoms with van der Waals surface area (Å²) in [5.74, 6) is 0. The Balaban J connectivity index is 2.48. The third-order valence-electron chi connectivity index (χ3n) is 1.92. The number of pyridine rings is 1. The van der Waals surface area contributed by atoms with E-state index in [-0.39, 0.29) is 6.10 Å². The summed E-state index contributed by atoms with van der Waals surface area (Å²) in [5.41, 5.74) is 0.971. The van der Waals surface area contributed by atoms with E-state index in [2.05, 4.69) is 11.9 Å². The van der Waals surface area contributed by atoms with Crippen LogP contribution in [0.4, 0.5) is 0 Å². The molecule has 1 rings (SSSR count). The molecule has 1 aromatic rings. The number of hydrogen-bond acceptors (Lipinski definition) is 2. The van der Waals surface area contributed by atoms with Crippen LogP contribution >= 0.6 is 0 Å². The number of nitrogens with zero attached hydrogens (tertiary/aromatic N) is 1. The molecule has 2 nitrogen and oxygen atoms in total. The van der Waals surface area contributed by atoms with Crippen molar-refractivity contribution >= 4 is 0 Å². The minimum atomic E-state index is -0.312. The fourth-order valence-electron chi connectivity index (χ4n) is 1.15. The van der Waals surface area contributed by atoms with Crippen molar-refractivity contribution in [3.63, 3.8) is 0 Å². The van der Waals surface area contributed by atoms with E-state index in [9.17, 15) is 5.11 Å². The van der Waals surface area contributed by atoms with E-state index in [4.69, 9.17) is 0 Å². The zero-order valence-electron chi connectivity index (χ0n) is 7.40. The summed E-state index contributed by atoms with van der Waals surface area (Å²) < 4.78 is 0. The monoisotopic (exact) mass is 165 g/mol. The van der Waals surface area contributed by atoms with Crippen LogP contribution in [0.3, 0.4) is 0 Å². The Morgan fingerprint density at radius 1 is 1.42 bits per heavy atom. The molecule has 12 heavy (non-hydrogen) atoms. The van der Waals surface area contributed by atoms with Crippen LogP contribution in [0.25, 0.3) is 0 Å². The SMILES string of the molecule is CCCC[C@@H](O)c1ccncc1. The first kappa shape index (κ1) is 9.20. The molecule has 2 heteroatoms. The Morgan fingerprint density at radius 2 is 2.08 bits per heavy atom. The molecule has 0 aliphatic carbocycles. The molecule has 66 valence electrons. The lowest BCUT2D eigenvalue weighted by Crippen LogP contribution is -1.96. The Labute approximate surface area is 73.3 Å². The van der Waals surface area contributed by atoms with Crippen LogP contribution in [0.15, 0.2) is 24.5 Å². The first-order valence-electron chi connectivity index (χ1n) is 4.42. The van der Waals surface area contributed by atoms with Gasteiger partial charge in [-0.2, -0.15) is 0 Å². The smallest absolute Gasteiger partial charge is 0.0791 e. The van der Waals surface area contributed by atoms with Crippen LogP contribution in [0.2, 0.25) is 0 Å². The number of unbranched alkanes of at least 4 members (excludes halogenated alkanes) is 1. The van der Waals surface area contributed by atoms with Gasteiger partial charge < -0.3 is 5.11 Å². The molecule has 0 saturated heterocycles. The summed E-state index contributed by atoms with van der Waals surface area (Å²) in [6.45, 7) is 2.12. The maximum atomic E-state index is 9.62. The van der Waals surface area contributed by atoms with Gasteiger partial charge in [0, 0.05) is 12.4 Å². The van der Waals surface area contributed by atoms with E-state index < -0.39 is 0 Å². The lowest BCUT2D eigenvalue weighted by molar-refractivity contribution is 0.164. The molecule has 0 aliphatic heterocycles. The molecule has 0 fully saturated rings. The van der Waals surface area contributed by atoms with Gasteiger partial charge in [-0.1, -0.05) is 19.8 Å². The molecule has 0 saturated carbocycles. The predicted molar refractivity (Wildman–Crippen MR) is 48.7 cm³/mol. The number of aliphatic hydroxyl groups is 1. The lowest BCUT2D eigenvalue weighted by Gasteiger charge is -2.08. The molecule has 0 radical (unpaired) electrons. The van der Waals surface area contributed by atoms with Crippen LogP contribution in [-0.2, 0) is 0 Å². The quantitative estimate of drug-likeness (QED) is 0.742. The van der Waals surface area contributed by atoms with Crippen LogP contribution in [0.5, 0.6) is 0 Å². The summed E-state index contributed by atoms with van der Waals surface area (Å²) in [6, 6.07) is 3.72. The zero-order chi connectivity index (χ0) is 8.81. The van der Waals surface area contributed by atoms with E-state index >= 15 is 0 Å². The van der Waals surface area contributed by atoms with Crippen molar-refractivity contribution in [2.75, 3.05) is 0 Å². The van der Waals surface area contributed by atoms with Gasteiger partial charge in [0.05, 0.1) is 6.10 Å². The van der Waals surface area contributed by atoms with E-state index in [1.165, 1.54) is 0 Å². The van der Waals surface area contributed by atoms with Crippen molar-refractivity contribution in [3.05, 3.63) is 30.1 Å². The third-order valence-corrected chi connectivity index (χ3v) is 1.92. The number of aliphatic hydroxyl groups excluding tert-OH is 1. The number of hydrogen-bond donors (Lipinski definition) is 1. The highest BCUT2D eigenvalue weighted by Gasteiger charge is 2.04. The van der Waals surface area contributed by atoms with Crippen molar-refractivity contribution in [1.29, 1.82) is 0 Å². The first-order chi connectivity index (χ1) is 5.84. The van der Waals surface area contributed by atoms with E-state index in [1.54, 1.807) is 12.4 Å². The van der Waals surface area contributed by atoms with Gasteiger partial charge in [0.2, 0.25) is 0 Å². The molecule has 0 aromatic carbocycles. The molecule has 0 bridgehead atoms. The second-order valence-corrected chi connectivity index (χ2v) is 2.94. The van der Waals surface area contributed by atoms with Crippen LogP contribution in [0, 0.1) is 0 Å². The summed E-state index contributed by atoms with van der Waals surface area (Å²) in [4.78, 5) is 3.90. The van der Waals surface area contributed by atoms with Crippen molar-refractivity contribution in [2.45, 2.75) is 32.3 Å². The number of rotatable bonds is 4. The van der Waals surface area contributed by atoms with Gasteiger partial charge in [-0.15, -0.1) is 0 Å². The Morgan fingerprint density at radius 3 is 2.67 bits per heavy atom. The molecule has 1 N–H and O–H groups in total. The van der Waals surface area contributed by atoms with Crippen molar-refractivity contribution in [1.82, 2.24) is 4.98 Å². The largest absolute Gasteiger partial charge is 0.388 e. The van der Waals surface area contributed by atoms with Crippen LogP contribution in [-0.4, -0.2) is 10.1 Å². The molecular weight excluding hydrogens is 150 g/mol. The zero-order valence-corrected chi connectivity index (χ0v) is 7.40. The Bertz CT molecular complexity index is 210. The average molecular weight is 165 g/mol. The maximum absolute atomic E-state index is 9.62. The highest BCUT2D eigenvalue weighted by atomic mass is 16.3. The van der Waals surface area contributed by atoms with Gasteiger partial charge in [-0.25, -0.2) is 0 Å². The molecule has 0 amide bonds. The Hall–Kier alpha value is -0.890. The maximum Gasteiger partial charge on any atom is 0.0791 e. The minimum absolute atomic E-state index is 0.312. The van der Waals surface area contributed by atoms with E-state index in [0.29, 0.717) is 0 Å². The Kier molecular flexibility index (Phi) is 3.74. The fourth-order valence-corrected chi connectivity index (χ4v) is 1.15. The number of aromatic nitrogens is 1. The molecule has 0 unspecified atom stereocenters. The van der Waals surface area contributed by atoms with Crippen LogP contribution in [0.1, 0.15) is 37.9 Å².